The van der Waals surface area contributed by atoms with E-state index in [1.54, 1.807) is 19.1 Å². The topological polar surface area (TPSA) is 32.3 Å². The quantitative estimate of drug-likeness (QED) is 0.816. The second-order valence-corrected chi connectivity index (χ2v) is 5.89. The van der Waals surface area contributed by atoms with Crippen LogP contribution in [0.4, 0.5) is 4.39 Å². The lowest BCUT2D eigenvalue weighted by atomic mass is 9.93. The van der Waals surface area contributed by atoms with Gasteiger partial charge in [-0.2, -0.15) is 0 Å². The van der Waals surface area contributed by atoms with Gasteiger partial charge in [-0.25, -0.2) is 4.39 Å². The fourth-order valence-corrected chi connectivity index (χ4v) is 2.73. The highest BCUT2D eigenvalue weighted by Gasteiger charge is 2.14. The minimum Gasteiger partial charge on any atom is -0.507 e. The van der Waals surface area contributed by atoms with Crippen LogP contribution in [0, 0.1) is 26.6 Å². The molecule has 0 saturated carbocycles. The second kappa shape index (κ2) is 6.50. The van der Waals surface area contributed by atoms with Crippen molar-refractivity contribution in [1.82, 2.24) is 4.72 Å². The summed E-state index contributed by atoms with van der Waals surface area (Å²) in [5.41, 5.74) is 4.96. The van der Waals surface area contributed by atoms with E-state index in [2.05, 4.69) is 4.72 Å². The standard InChI is InChI=1S/C17H20FNOS/c1-10-5-6-15(20)16(12(10)3)13-7-11(2)17(18)14(8-13)9-19-21-4/h5-8,19-20H,9H2,1-4H3. The van der Waals surface area contributed by atoms with Gasteiger partial charge in [0.2, 0.25) is 0 Å². The summed E-state index contributed by atoms with van der Waals surface area (Å²) < 4.78 is 17.3. The first-order valence-electron chi connectivity index (χ1n) is 6.80. The molecule has 2 N–H and O–H groups in total. The number of benzene rings is 2. The third-order valence-corrected chi connectivity index (χ3v) is 4.17. The predicted octanol–water partition coefficient (Wildman–Crippen LogP) is 4.49. The minimum absolute atomic E-state index is 0.190. The monoisotopic (exact) mass is 305 g/mol. The first-order chi connectivity index (χ1) is 9.95. The molecule has 0 heterocycles. The smallest absolute Gasteiger partial charge is 0.130 e. The van der Waals surface area contributed by atoms with E-state index in [1.165, 1.54) is 11.9 Å². The number of nitrogens with one attached hydrogen (secondary N) is 1. The van der Waals surface area contributed by atoms with Gasteiger partial charge in [0, 0.05) is 17.7 Å². The van der Waals surface area contributed by atoms with Crippen LogP contribution in [0.5, 0.6) is 5.75 Å². The van der Waals surface area contributed by atoms with E-state index in [9.17, 15) is 9.50 Å². The van der Waals surface area contributed by atoms with E-state index in [-0.39, 0.29) is 11.6 Å². The highest BCUT2D eigenvalue weighted by Crippen LogP contribution is 2.35. The summed E-state index contributed by atoms with van der Waals surface area (Å²) >= 11 is 1.46. The van der Waals surface area contributed by atoms with Crippen LogP contribution in [-0.4, -0.2) is 11.4 Å². The van der Waals surface area contributed by atoms with Gasteiger partial charge >= 0.3 is 0 Å². The van der Waals surface area contributed by atoms with Crippen LogP contribution in [0.2, 0.25) is 0 Å². The van der Waals surface area contributed by atoms with Crippen LogP contribution in [-0.2, 0) is 6.54 Å². The summed E-state index contributed by atoms with van der Waals surface area (Å²) in [7, 11) is 0. The Morgan fingerprint density at radius 2 is 1.86 bits per heavy atom. The van der Waals surface area contributed by atoms with E-state index in [1.807, 2.05) is 32.2 Å². The van der Waals surface area contributed by atoms with Crippen LogP contribution < -0.4 is 4.72 Å². The van der Waals surface area contributed by atoms with Crippen molar-refractivity contribution >= 4 is 11.9 Å². The number of rotatable bonds is 4. The lowest BCUT2D eigenvalue weighted by Gasteiger charge is -2.14. The SMILES string of the molecule is CSNCc1cc(-c2c(O)ccc(C)c2C)cc(C)c1F. The van der Waals surface area contributed by atoms with Crippen molar-refractivity contribution in [2.45, 2.75) is 27.3 Å². The molecule has 0 spiro atoms. The fraction of sp³-hybridized carbons (Fsp3) is 0.294. The lowest BCUT2D eigenvalue weighted by Crippen LogP contribution is -2.06. The number of hydrogen-bond acceptors (Lipinski definition) is 3. The van der Waals surface area contributed by atoms with Crippen LogP contribution in [0.15, 0.2) is 24.3 Å². The molecule has 112 valence electrons. The Kier molecular flexibility index (Phi) is 4.91. The molecule has 2 aromatic carbocycles. The van der Waals surface area contributed by atoms with Crippen LogP contribution >= 0.6 is 11.9 Å². The fourth-order valence-electron chi connectivity index (χ4n) is 2.43. The normalized spacial score (nSPS) is 10.9. The molecule has 0 saturated heterocycles. The molecule has 0 aromatic heterocycles. The van der Waals surface area contributed by atoms with Gasteiger partial charge in [0.25, 0.3) is 0 Å². The van der Waals surface area contributed by atoms with Gasteiger partial charge in [0.15, 0.2) is 0 Å². The third kappa shape index (κ3) is 3.22. The van der Waals surface area contributed by atoms with Gasteiger partial charge in [-0.3, -0.25) is 4.72 Å². The molecule has 0 radical (unpaired) electrons. The zero-order valence-electron chi connectivity index (χ0n) is 12.7. The number of aromatic hydroxyl groups is 1. The first kappa shape index (κ1) is 15.9. The Labute approximate surface area is 129 Å². The van der Waals surface area contributed by atoms with Crippen LogP contribution in [0.3, 0.4) is 0 Å². The number of phenols is 1. The maximum atomic E-state index is 14.2. The van der Waals surface area contributed by atoms with Gasteiger partial charge < -0.3 is 5.11 Å². The summed E-state index contributed by atoms with van der Waals surface area (Å²) in [6.45, 7) is 6.19. The molecule has 0 bridgehead atoms. The molecule has 4 heteroatoms. The second-order valence-electron chi connectivity index (χ2n) is 5.19. The van der Waals surface area contributed by atoms with Crippen molar-refractivity contribution in [3.05, 3.63) is 52.3 Å². The zero-order valence-corrected chi connectivity index (χ0v) is 13.6. The largest absolute Gasteiger partial charge is 0.507 e. The molecule has 2 rings (SSSR count). The van der Waals surface area contributed by atoms with Gasteiger partial charge in [-0.1, -0.05) is 18.0 Å². The molecule has 0 unspecified atom stereocenters. The number of phenolic OH excluding ortho intramolecular Hbond substituents is 1. The highest BCUT2D eigenvalue weighted by atomic mass is 32.2. The molecule has 0 atom stereocenters. The first-order valence-corrected chi connectivity index (χ1v) is 8.02. The van der Waals surface area contributed by atoms with Crippen molar-refractivity contribution in [2.75, 3.05) is 6.26 Å². The molecule has 0 aliphatic carbocycles. The maximum absolute atomic E-state index is 14.2. The van der Waals surface area contributed by atoms with Crippen LogP contribution in [0.1, 0.15) is 22.3 Å². The Bertz CT molecular complexity index is 670. The van der Waals surface area contributed by atoms with Gasteiger partial charge in [-0.15, -0.1) is 0 Å². The molecule has 0 fully saturated rings. The van der Waals surface area contributed by atoms with E-state index < -0.39 is 0 Å². The van der Waals surface area contributed by atoms with Crippen molar-refractivity contribution in [2.24, 2.45) is 0 Å². The average molecular weight is 305 g/mol. The molecule has 0 aliphatic rings. The summed E-state index contributed by atoms with van der Waals surface area (Å²) in [6, 6.07) is 7.18. The summed E-state index contributed by atoms with van der Waals surface area (Å²) in [6.07, 6.45) is 1.91. The Morgan fingerprint density at radius 3 is 2.52 bits per heavy atom. The Balaban J connectivity index is 2.60. The predicted molar refractivity (Wildman–Crippen MR) is 88.1 cm³/mol. The molecule has 2 aromatic rings. The van der Waals surface area contributed by atoms with Gasteiger partial charge in [0.05, 0.1) is 0 Å². The molecule has 21 heavy (non-hydrogen) atoms. The van der Waals surface area contributed by atoms with E-state index in [0.717, 1.165) is 22.3 Å². The molecular formula is C17H20FNOS. The zero-order chi connectivity index (χ0) is 15.6. The van der Waals surface area contributed by atoms with Crippen molar-refractivity contribution in [1.29, 1.82) is 0 Å². The molecule has 2 nitrogen and oxygen atoms in total. The highest BCUT2D eigenvalue weighted by molar-refractivity contribution is 7.96. The third-order valence-electron chi connectivity index (χ3n) is 3.74. The van der Waals surface area contributed by atoms with E-state index in [0.29, 0.717) is 17.7 Å². The summed E-state index contributed by atoms with van der Waals surface area (Å²) in [5.74, 6) is 0.0398. The summed E-state index contributed by atoms with van der Waals surface area (Å²) in [4.78, 5) is 0. The Morgan fingerprint density at radius 1 is 1.14 bits per heavy atom. The van der Waals surface area contributed by atoms with Crippen molar-refractivity contribution in [3.63, 3.8) is 0 Å². The molecular weight excluding hydrogens is 285 g/mol. The maximum Gasteiger partial charge on any atom is 0.130 e. The number of halogens is 1. The van der Waals surface area contributed by atoms with Crippen molar-refractivity contribution in [3.8, 4) is 16.9 Å². The van der Waals surface area contributed by atoms with E-state index >= 15 is 0 Å². The van der Waals surface area contributed by atoms with Crippen molar-refractivity contribution < 1.29 is 9.50 Å². The summed E-state index contributed by atoms with van der Waals surface area (Å²) in [5, 5.41) is 10.2. The molecule has 0 amide bonds. The minimum atomic E-state index is -0.190. The van der Waals surface area contributed by atoms with Gasteiger partial charge in [0.1, 0.15) is 11.6 Å². The average Bonchev–Trinajstić information content (AvgIpc) is 2.45. The number of aryl methyl sites for hydroxylation is 2. The van der Waals surface area contributed by atoms with Crippen LogP contribution in [0.25, 0.3) is 11.1 Å². The van der Waals surface area contributed by atoms with Gasteiger partial charge in [-0.05, 0) is 67.5 Å². The Hall–Kier alpha value is -1.52. The lowest BCUT2D eigenvalue weighted by molar-refractivity contribution is 0.476. The molecule has 0 aliphatic heterocycles. The van der Waals surface area contributed by atoms with E-state index in [4.69, 9.17) is 0 Å². The number of hydrogen-bond donors (Lipinski definition) is 2.